The predicted molar refractivity (Wildman–Crippen MR) is 77.4 cm³/mol. The number of H-pyrrole nitrogens is 1. The van der Waals surface area contributed by atoms with Gasteiger partial charge in [0.15, 0.2) is 0 Å². The van der Waals surface area contributed by atoms with Crippen molar-refractivity contribution < 1.29 is 4.74 Å². The Hall–Kier alpha value is -2.40. The second-order valence-corrected chi connectivity index (χ2v) is 4.51. The molecule has 1 heterocycles. The molecule has 3 aromatic rings. The van der Waals surface area contributed by atoms with E-state index >= 15 is 0 Å². The van der Waals surface area contributed by atoms with Gasteiger partial charge in [0, 0.05) is 11.9 Å². The standard InChI is InChI=1S/C15H16N4O/c1-20-14-7-6-11(12-4-2-3-5-13(12)14)8-16-9-15-17-10-18-19-15/h2-7,10,16H,8-9H2,1H3,(H,17,18,19). The largest absolute Gasteiger partial charge is 0.496 e. The number of ether oxygens (including phenoxy) is 1. The van der Waals surface area contributed by atoms with Crippen LogP contribution in [0.2, 0.25) is 0 Å². The van der Waals surface area contributed by atoms with E-state index in [4.69, 9.17) is 4.74 Å². The van der Waals surface area contributed by atoms with Crippen molar-refractivity contribution in [3.05, 3.63) is 54.1 Å². The molecule has 0 aliphatic carbocycles. The summed E-state index contributed by atoms with van der Waals surface area (Å²) in [6.45, 7) is 1.44. The van der Waals surface area contributed by atoms with Gasteiger partial charge in [0.05, 0.1) is 13.7 Å². The molecule has 2 aromatic carbocycles. The molecule has 2 N–H and O–H groups in total. The summed E-state index contributed by atoms with van der Waals surface area (Å²) in [6, 6.07) is 12.4. The molecule has 102 valence electrons. The number of fused-ring (bicyclic) bond motifs is 1. The van der Waals surface area contributed by atoms with E-state index in [1.807, 2.05) is 18.2 Å². The summed E-state index contributed by atoms with van der Waals surface area (Å²) in [7, 11) is 1.70. The zero-order valence-electron chi connectivity index (χ0n) is 11.3. The molecule has 20 heavy (non-hydrogen) atoms. The Bertz CT molecular complexity index is 694. The number of hydrogen-bond acceptors (Lipinski definition) is 4. The van der Waals surface area contributed by atoms with E-state index in [9.17, 15) is 0 Å². The van der Waals surface area contributed by atoms with E-state index in [0.717, 1.165) is 23.5 Å². The predicted octanol–water partition coefficient (Wildman–Crippen LogP) is 2.26. The van der Waals surface area contributed by atoms with Gasteiger partial charge in [-0.3, -0.25) is 5.10 Å². The lowest BCUT2D eigenvalue weighted by molar-refractivity contribution is 0.419. The molecule has 5 heteroatoms. The van der Waals surface area contributed by atoms with E-state index in [0.29, 0.717) is 6.54 Å². The quantitative estimate of drug-likeness (QED) is 0.745. The normalized spacial score (nSPS) is 10.8. The second-order valence-electron chi connectivity index (χ2n) is 4.51. The van der Waals surface area contributed by atoms with Gasteiger partial charge in [0.25, 0.3) is 0 Å². The van der Waals surface area contributed by atoms with Gasteiger partial charge >= 0.3 is 0 Å². The molecular formula is C15H16N4O. The fourth-order valence-electron chi connectivity index (χ4n) is 2.30. The number of nitrogens with zero attached hydrogens (tertiary/aromatic N) is 2. The highest BCUT2D eigenvalue weighted by molar-refractivity contribution is 5.91. The molecule has 0 radical (unpaired) electrons. The summed E-state index contributed by atoms with van der Waals surface area (Å²) in [6.07, 6.45) is 1.51. The van der Waals surface area contributed by atoms with Crippen LogP contribution in [0.5, 0.6) is 5.75 Å². The molecule has 0 saturated carbocycles. The minimum Gasteiger partial charge on any atom is -0.496 e. The summed E-state index contributed by atoms with van der Waals surface area (Å²) < 4.78 is 5.40. The van der Waals surface area contributed by atoms with E-state index in [1.54, 1.807) is 7.11 Å². The average molecular weight is 268 g/mol. The zero-order chi connectivity index (χ0) is 13.8. The van der Waals surface area contributed by atoms with Crippen LogP contribution in [0.4, 0.5) is 0 Å². The third-order valence-corrected chi connectivity index (χ3v) is 3.27. The Morgan fingerprint density at radius 2 is 1.95 bits per heavy atom. The van der Waals surface area contributed by atoms with Crippen LogP contribution < -0.4 is 10.1 Å². The molecule has 5 nitrogen and oxygen atoms in total. The van der Waals surface area contributed by atoms with Gasteiger partial charge in [0.1, 0.15) is 17.9 Å². The first-order valence-corrected chi connectivity index (χ1v) is 6.48. The van der Waals surface area contributed by atoms with Gasteiger partial charge in [-0.05, 0) is 17.0 Å². The second kappa shape index (κ2) is 5.71. The fourth-order valence-corrected chi connectivity index (χ4v) is 2.30. The molecule has 0 aliphatic heterocycles. The molecule has 0 unspecified atom stereocenters. The van der Waals surface area contributed by atoms with Crippen LogP contribution in [-0.2, 0) is 13.1 Å². The Kier molecular flexibility index (Phi) is 3.60. The number of hydrogen-bond donors (Lipinski definition) is 2. The maximum absolute atomic E-state index is 5.40. The molecule has 0 saturated heterocycles. The van der Waals surface area contributed by atoms with Crippen LogP contribution in [0.25, 0.3) is 10.8 Å². The summed E-state index contributed by atoms with van der Waals surface area (Å²) in [5.41, 5.74) is 1.24. The van der Waals surface area contributed by atoms with Crippen molar-refractivity contribution in [2.24, 2.45) is 0 Å². The number of aromatic amines is 1. The Balaban J connectivity index is 1.81. The van der Waals surface area contributed by atoms with Gasteiger partial charge < -0.3 is 10.1 Å². The highest BCUT2D eigenvalue weighted by Crippen LogP contribution is 2.28. The van der Waals surface area contributed by atoms with Crippen LogP contribution in [0, 0.1) is 0 Å². The van der Waals surface area contributed by atoms with Gasteiger partial charge in [-0.15, -0.1) is 0 Å². The highest BCUT2D eigenvalue weighted by Gasteiger charge is 2.05. The molecular weight excluding hydrogens is 252 g/mol. The van der Waals surface area contributed by atoms with Crippen molar-refractivity contribution in [2.45, 2.75) is 13.1 Å². The number of benzene rings is 2. The zero-order valence-corrected chi connectivity index (χ0v) is 11.3. The van der Waals surface area contributed by atoms with Crippen LogP contribution in [0.1, 0.15) is 11.4 Å². The Morgan fingerprint density at radius 3 is 2.70 bits per heavy atom. The molecule has 1 aromatic heterocycles. The molecule has 0 aliphatic rings. The number of nitrogens with one attached hydrogen (secondary N) is 2. The van der Waals surface area contributed by atoms with Crippen LogP contribution in [0.15, 0.2) is 42.7 Å². The summed E-state index contributed by atoms with van der Waals surface area (Å²) in [5, 5.41) is 12.4. The lowest BCUT2D eigenvalue weighted by Gasteiger charge is -2.10. The summed E-state index contributed by atoms with van der Waals surface area (Å²) in [4.78, 5) is 4.09. The number of rotatable bonds is 5. The first-order valence-electron chi connectivity index (χ1n) is 6.48. The van der Waals surface area contributed by atoms with Crippen molar-refractivity contribution in [1.82, 2.24) is 20.5 Å². The SMILES string of the molecule is COc1ccc(CNCc2ncn[nH]2)c2ccccc12. The van der Waals surface area contributed by atoms with Crippen LogP contribution in [-0.4, -0.2) is 22.3 Å². The van der Waals surface area contributed by atoms with E-state index in [2.05, 4.69) is 38.7 Å². The van der Waals surface area contributed by atoms with Gasteiger partial charge in [-0.1, -0.05) is 30.3 Å². The molecule has 0 fully saturated rings. The first kappa shape index (κ1) is 12.6. The summed E-state index contributed by atoms with van der Waals surface area (Å²) in [5.74, 6) is 1.74. The molecule has 0 amide bonds. The Morgan fingerprint density at radius 1 is 1.10 bits per heavy atom. The van der Waals surface area contributed by atoms with Gasteiger partial charge in [0.2, 0.25) is 0 Å². The van der Waals surface area contributed by atoms with Gasteiger partial charge in [-0.2, -0.15) is 5.10 Å². The van der Waals surface area contributed by atoms with Crippen molar-refractivity contribution in [3.8, 4) is 5.75 Å². The Labute approximate surface area is 117 Å². The minimum atomic E-state index is 0.667. The molecule has 0 atom stereocenters. The number of methoxy groups -OCH3 is 1. The third kappa shape index (κ3) is 2.48. The van der Waals surface area contributed by atoms with Gasteiger partial charge in [-0.25, -0.2) is 4.98 Å². The van der Waals surface area contributed by atoms with E-state index in [-0.39, 0.29) is 0 Å². The van der Waals surface area contributed by atoms with E-state index < -0.39 is 0 Å². The minimum absolute atomic E-state index is 0.667. The van der Waals surface area contributed by atoms with E-state index in [1.165, 1.54) is 17.3 Å². The average Bonchev–Trinajstić information content (AvgIpc) is 3.01. The summed E-state index contributed by atoms with van der Waals surface area (Å²) >= 11 is 0. The maximum atomic E-state index is 5.40. The molecule has 3 rings (SSSR count). The highest BCUT2D eigenvalue weighted by atomic mass is 16.5. The first-order chi connectivity index (χ1) is 9.88. The third-order valence-electron chi connectivity index (χ3n) is 3.27. The van der Waals surface area contributed by atoms with Crippen molar-refractivity contribution in [1.29, 1.82) is 0 Å². The van der Waals surface area contributed by atoms with Crippen LogP contribution in [0.3, 0.4) is 0 Å². The number of aromatic nitrogens is 3. The maximum Gasteiger partial charge on any atom is 0.138 e. The lowest BCUT2D eigenvalue weighted by atomic mass is 10.0. The molecule has 0 bridgehead atoms. The van der Waals surface area contributed by atoms with Crippen molar-refractivity contribution in [2.75, 3.05) is 7.11 Å². The van der Waals surface area contributed by atoms with Crippen LogP contribution >= 0.6 is 0 Å². The monoisotopic (exact) mass is 268 g/mol. The van der Waals surface area contributed by atoms with Crippen molar-refractivity contribution in [3.63, 3.8) is 0 Å². The fraction of sp³-hybridized carbons (Fsp3) is 0.200. The van der Waals surface area contributed by atoms with Crippen molar-refractivity contribution >= 4 is 10.8 Å². The molecule has 0 spiro atoms. The lowest BCUT2D eigenvalue weighted by Crippen LogP contribution is -2.14. The topological polar surface area (TPSA) is 62.8 Å². The smallest absolute Gasteiger partial charge is 0.138 e.